The molecule has 0 aromatic heterocycles. The van der Waals surface area contributed by atoms with Gasteiger partial charge in [-0.15, -0.1) is 0 Å². The molecule has 1 heteroatoms. The van der Waals surface area contributed by atoms with Crippen LogP contribution in [0.25, 0.3) is 0 Å². The molecule has 0 aliphatic heterocycles. The smallest absolute Gasteiger partial charge is 0.0227 e. The largest absolute Gasteiger partial charge is 0.325 e. The van der Waals surface area contributed by atoms with E-state index < -0.39 is 0 Å². The van der Waals surface area contributed by atoms with Crippen LogP contribution < -0.4 is 5.73 Å². The summed E-state index contributed by atoms with van der Waals surface area (Å²) in [6.07, 6.45) is 7.50. The zero-order valence-electron chi connectivity index (χ0n) is 12.4. The van der Waals surface area contributed by atoms with Gasteiger partial charge < -0.3 is 5.73 Å². The molecule has 1 saturated carbocycles. The molecule has 2 aliphatic carbocycles. The third-order valence-corrected chi connectivity index (χ3v) is 5.49. The van der Waals surface area contributed by atoms with Crippen LogP contribution in [0.4, 0.5) is 0 Å². The lowest BCUT2D eigenvalue weighted by Crippen LogP contribution is -2.53. The van der Waals surface area contributed by atoms with Crippen LogP contribution in [0.5, 0.6) is 0 Å². The second kappa shape index (κ2) is 4.94. The van der Waals surface area contributed by atoms with Gasteiger partial charge in [-0.2, -0.15) is 0 Å². The molecule has 3 unspecified atom stereocenters. The van der Waals surface area contributed by atoms with Crippen molar-refractivity contribution >= 4 is 0 Å². The first-order valence-corrected chi connectivity index (χ1v) is 7.92. The molecule has 3 rings (SSSR count). The Morgan fingerprint density at radius 3 is 2.32 bits per heavy atom. The van der Waals surface area contributed by atoms with Gasteiger partial charge >= 0.3 is 0 Å². The van der Waals surface area contributed by atoms with E-state index in [1.807, 2.05) is 0 Å². The van der Waals surface area contributed by atoms with E-state index in [1.54, 1.807) is 0 Å². The zero-order chi connectivity index (χ0) is 13.5. The number of hydrogen-bond donors (Lipinski definition) is 1. The summed E-state index contributed by atoms with van der Waals surface area (Å²) in [5, 5.41) is 0. The minimum absolute atomic E-state index is 0.0529. The van der Waals surface area contributed by atoms with E-state index in [0.29, 0.717) is 0 Å². The molecular formula is C18H27N. The van der Waals surface area contributed by atoms with Crippen LogP contribution in [0.1, 0.15) is 50.7 Å². The fourth-order valence-electron chi connectivity index (χ4n) is 4.55. The van der Waals surface area contributed by atoms with E-state index in [0.717, 1.165) is 24.2 Å². The highest BCUT2D eigenvalue weighted by Gasteiger charge is 2.40. The van der Waals surface area contributed by atoms with Gasteiger partial charge in [0.25, 0.3) is 0 Å². The van der Waals surface area contributed by atoms with Gasteiger partial charge in [0, 0.05) is 5.54 Å². The van der Waals surface area contributed by atoms with Crippen LogP contribution in [0.3, 0.4) is 0 Å². The van der Waals surface area contributed by atoms with Crippen LogP contribution in [0, 0.1) is 17.8 Å². The predicted molar refractivity (Wildman–Crippen MR) is 81.1 cm³/mol. The number of nitrogens with two attached hydrogens (primary N) is 1. The van der Waals surface area contributed by atoms with Crippen molar-refractivity contribution in [3.8, 4) is 0 Å². The van der Waals surface area contributed by atoms with Crippen molar-refractivity contribution in [3.63, 3.8) is 0 Å². The first-order chi connectivity index (χ1) is 9.07. The zero-order valence-corrected chi connectivity index (χ0v) is 12.4. The van der Waals surface area contributed by atoms with Crippen molar-refractivity contribution in [2.75, 3.05) is 0 Å². The van der Waals surface area contributed by atoms with Crippen LogP contribution in [-0.2, 0) is 12.8 Å². The summed E-state index contributed by atoms with van der Waals surface area (Å²) >= 11 is 0. The van der Waals surface area contributed by atoms with Crippen molar-refractivity contribution in [2.45, 2.75) is 57.9 Å². The standard InChI is InChI=1S/C18H27N/c1-13-9-14(2)11-17(10-13)18(19)8-7-15-5-3-4-6-16(15)12-18/h3-6,13-14,17H,7-12,19H2,1-2H3. The van der Waals surface area contributed by atoms with Gasteiger partial charge in [-0.1, -0.05) is 38.1 Å². The molecule has 0 amide bonds. The molecule has 19 heavy (non-hydrogen) atoms. The molecule has 104 valence electrons. The Morgan fingerprint density at radius 2 is 1.63 bits per heavy atom. The molecule has 0 saturated heterocycles. The summed E-state index contributed by atoms with van der Waals surface area (Å²) in [7, 11) is 0. The second-order valence-corrected chi connectivity index (χ2v) is 7.29. The van der Waals surface area contributed by atoms with Crippen LogP contribution in [0.15, 0.2) is 24.3 Å². The lowest BCUT2D eigenvalue weighted by atomic mass is 9.63. The minimum atomic E-state index is 0.0529. The maximum atomic E-state index is 6.87. The monoisotopic (exact) mass is 257 g/mol. The Bertz CT molecular complexity index is 443. The van der Waals surface area contributed by atoms with Gasteiger partial charge in [0.15, 0.2) is 0 Å². The number of fused-ring (bicyclic) bond motifs is 1. The van der Waals surface area contributed by atoms with E-state index in [1.165, 1.54) is 43.2 Å². The minimum Gasteiger partial charge on any atom is -0.325 e. The molecule has 2 aliphatic rings. The molecule has 2 N–H and O–H groups in total. The van der Waals surface area contributed by atoms with E-state index in [9.17, 15) is 0 Å². The Morgan fingerprint density at radius 1 is 1.00 bits per heavy atom. The number of benzene rings is 1. The molecule has 1 aromatic rings. The van der Waals surface area contributed by atoms with Crippen molar-refractivity contribution in [3.05, 3.63) is 35.4 Å². The Balaban J connectivity index is 1.81. The summed E-state index contributed by atoms with van der Waals surface area (Å²) in [5.41, 5.74) is 9.96. The Labute approximate surface area is 117 Å². The third-order valence-electron chi connectivity index (χ3n) is 5.49. The van der Waals surface area contributed by atoms with Crippen molar-refractivity contribution < 1.29 is 0 Å². The summed E-state index contributed by atoms with van der Waals surface area (Å²) in [6, 6.07) is 8.89. The first-order valence-electron chi connectivity index (χ1n) is 7.92. The van der Waals surface area contributed by atoms with Crippen molar-refractivity contribution in [2.24, 2.45) is 23.5 Å². The van der Waals surface area contributed by atoms with E-state index in [2.05, 4.69) is 38.1 Å². The summed E-state index contributed by atoms with van der Waals surface area (Å²) in [4.78, 5) is 0. The lowest BCUT2D eigenvalue weighted by molar-refractivity contribution is 0.123. The second-order valence-electron chi connectivity index (χ2n) is 7.29. The quantitative estimate of drug-likeness (QED) is 0.810. The van der Waals surface area contributed by atoms with E-state index in [4.69, 9.17) is 5.73 Å². The third kappa shape index (κ3) is 2.58. The number of hydrogen-bond acceptors (Lipinski definition) is 1. The summed E-state index contributed by atoms with van der Waals surface area (Å²) < 4.78 is 0. The molecule has 0 heterocycles. The number of rotatable bonds is 1. The summed E-state index contributed by atoms with van der Waals surface area (Å²) in [5.74, 6) is 2.43. The molecule has 3 atom stereocenters. The molecule has 0 spiro atoms. The molecule has 0 bridgehead atoms. The Hall–Kier alpha value is -0.820. The highest BCUT2D eigenvalue weighted by atomic mass is 14.8. The first kappa shape index (κ1) is 13.2. The molecule has 1 fully saturated rings. The average molecular weight is 257 g/mol. The van der Waals surface area contributed by atoms with Gasteiger partial charge in [0.05, 0.1) is 0 Å². The van der Waals surface area contributed by atoms with Crippen molar-refractivity contribution in [1.29, 1.82) is 0 Å². The lowest BCUT2D eigenvalue weighted by Gasteiger charge is -2.46. The molecule has 0 radical (unpaired) electrons. The summed E-state index contributed by atoms with van der Waals surface area (Å²) in [6.45, 7) is 4.81. The predicted octanol–water partition coefficient (Wildman–Crippen LogP) is 3.95. The number of aryl methyl sites for hydroxylation is 1. The van der Waals surface area contributed by atoms with Gasteiger partial charge in [0.1, 0.15) is 0 Å². The van der Waals surface area contributed by atoms with Gasteiger partial charge in [-0.3, -0.25) is 0 Å². The molecule has 1 aromatic carbocycles. The van der Waals surface area contributed by atoms with Crippen LogP contribution in [-0.4, -0.2) is 5.54 Å². The average Bonchev–Trinajstić information content (AvgIpc) is 2.37. The SMILES string of the molecule is CC1CC(C)CC(C2(N)CCc3ccccc3C2)C1. The van der Waals surface area contributed by atoms with E-state index >= 15 is 0 Å². The highest BCUT2D eigenvalue weighted by Crippen LogP contribution is 2.42. The van der Waals surface area contributed by atoms with Gasteiger partial charge in [-0.25, -0.2) is 0 Å². The van der Waals surface area contributed by atoms with Gasteiger partial charge in [0.2, 0.25) is 0 Å². The fraction of sp³-hybridized carbons (Fsp3) is 0.667. The molecular weight excluding hydrogens is 230 g/mol. The van der Waals surface area contributed by atoms with Crippen LogP contribution in [0.2, 0.25) is 0 Å². The molecule has 1 nitrogen and oxygen atoms in total. The van der Waals surface area contributed by atoms with Crippen molar-refractivity contribution in [1.82, 2.24) is 0 Å². The maximum absolute atomic E-state index is 6.87. The highest BCUT2D eigenvalue weighted by molar-refractivity contribution is 5.32. The van der Waals surface area contributed by atoms with E-state index in [-0.39, 0.29) is 5.54 Å². The Kier molecular flexibility index (Phi) is 3.42. The van der Waals surface area contributed by atoms with Crippen LogP contribution >= 0.6 is 0 Å². The maximum Gasteiger partial charge on any atom is 0.0227 e. The fourth-order valence-corrected chi connectivity index (χ4v) is 4.55. The van der Waals surface area contributed by atoms with Gasteiger partial charge in [-0.05, 0) is 67.4 Å². The normalized spacial score (nSPS) is 38.8. The topological polar surface area (TPSA) is 26.0 Å².